The molecule has 1 aliphatic rings. The lowest BCUT2D eigenvalue weighted by atomic mass is 10.3. The fourth-order valence-electron chi connectivity index (χ4n) is 2.02. The second-order valence-electron chi connectivity index (χ2n) is 4.52. The first-order valence-electron chi connectivity index (χ1n) is 6.51. The maximum absolute atomic E-state index is 10.7. The Morgan fingerprint density at radius 3 is 2.90 bits per heavy atom. The minimum absolute atomic E-state index is 0.0549. The first-order valence-corrected chi connectivity index (χ1v) is 6.89. The Kier molecular flexibility index (Phi) is 5.51. The molecule has 1 aromatic rings. The molecule has 0 bridgehead atoms. The van der Waals surface area contributed by atoms with Crippen LogP contribution in [0.25, 0.3) is 0 Å². The van der Waals surface area contributed by atoms with Crippen molar-refractivity contribution < 1.29 is 9.66 Å². The molecule has 0 spiro atoms. The van der Waals surface area contributed by atoms with Gasteiger partial charge in [0.15, 0.2) is 0 Å². The molecule has 1 saturated heterocycles. The van der Waals surface area contributed by atoms with Gasteiger partial charge in [-0.15, -0.1) is 0 Å². The van der Waals surface area contributed by atoms with Crippen molar-refractivity contribution in [2.24, 2.45) is 0 Å². The average molecular weight is 301 g/mol. The van der Waals surface area contributed by atoms with Crippen molar-refractivity contribution in [1.82, 2.24) is 9.88 Å². The smallest absolute Gasteiger partial charge is 0.276 e. The van der Waals surface area contributed by atoms with Gasteiger partial charge in [0.05, 0.1) is 30.3 Å². The van der Waals surface area contributed by atoms with E-state index in [2.05, 4.69) is 15.2 Å². The highest BCUT2D eigenvalue weighted by atomic mass is 35.5. The van der Waals surface area contributed by atoms with E-state index in [1.807, 2.05) is 0 Å². The third-order valence-corrected chi connectivity index (χ3v) is 3.24. The van der Waals surface area contributed by atoms with E-state index >= 15 is 0 Å². The molecule has 110 valence electrons. The van der Waals surface area contributed by atoms with Gasteiger partial charge in [-0.05, 0) is 13.0 Å². The van der Waals surface area contributed by atoms with Crippen LogP contribution in [0.2, 0.25) is 5.15 Å². The fraction of sp³-hybridized carbons (Fsp3) is 0.583. The summed E-state index contributed by atoms with van der Waals surface area (Å²) in [5, 5.41) is 13.9. The summed E-state index contributed by atoms with van der Waals surface area (Å²) in [6.45, 7) is 5.16. The normalized spacial score (nSPS) is 16.1. The Morgan fingerprint density at radius 2 is 2.20 bits per heavy atom. The van der Waals surface area contributed by atoms with E-state index < -0.39 is 4.92 Å². The molecule has 0 radical (unpaired) electrons. The van der Waals surface area contributed by atoms with Crippen LogP contribution in [-0.4, -0.2) is 54.2 Å². The summed E-state index contributed by atoms with van der Waals surface area (Å²) < 4.78 is 5.28. The van der Waals surface area contributed by atoms with Crippen molar-refractivity contribution in [3.05, 3.63) is 27.4 Å². The van der Waals surface area contributed by atoms with E-state index in [1.165, 1.54) is 12.1 Å². The highest BCUT2D eigenvalue weighted by Gasteiger charge is 2.11. The van der Waals surface area contributed by atoms with E-state index in [1.54, 1.807) is 0 Å². The van der Waals surface area contributed by atoms with Crippen LogP contribution in [-0.2, 0) is 4.74 Å². The van der Waals surface area contributed by atoms with Crippen LogP contribution in [0.5, 0.6) is 0 Å². The van der Waals surface area contributed by atoms with Crippen molar-refractivity contribution in [3.8, 4) is 0 Å². The summed E-state index contributed by atoms with van der Waals surface area (Å²) in [6, 6.07) is 2.63. The number of nitrogens with one attached hydrogen (secondary N) is 1. The molecule has 20 heavy (non-hydrogen) atoms. The van der Waals surface area contributed by atoms with Gasteiger partial charge in [-0.2, -0.15) is 0 Å². The summed E-state index contributed by atoms with van der Waals surface area (Å²) >= 11 is 5.75. The molecular weight excluding hydrogens is 284 g/mol. The summed E-state index contributed by atoms with van der Waals surface area (Å²) in [6.07, 6.45) is 0.933. The first kappa shape index (κ1) is 15.0. The van der Waals surface area contributed by atoms with E-state index in [0.29, 0.717) is 12.4 Å². The fourth-order valence-corrected chi connectivity index (χ4v) is 2.23. The Bertz CT molecular complexity index is 466. The molecular formula is C12H17ClN4O3. The Balaban J connectivity index is 1.77. The van der Waals surface area contributed by atoms with Gasteiger partial charge in [0, 0.05) is 19.6 Å². The highest BCUT2D eigenvalue weighted by Crippen LogP contribution is 2.20. The molecule has 0 aliphatic carbocycles. The summed E-state index contributed by atoms with van der Waals surface area (Å²) in [5.74, 6) is 0.436. The topological polar surface area (TPSA) is 80.5 Å². The van der Waals surface area contributed by atoms with Crippen molar-refractivity contribution in [2.75, 3.05) is 44.7 Å². The Labute approximate surface area is 122 Å². The van der Waals surface area contributed by atoms with Crippen molar-refractivity contribution >= 4 is 23.1 Å². The lowest BCUT2D eigenvalue weighted by Crippen LogP contribution is -2.37. The molecule has 2 heterocycles. The third kappa shape index (κ3) is 4.59. The number of halogens is 1. The van der Waals surface area contributed by atoms with Gasteiger partial charge in [0.25, 0.3) is 5.69 Å². The van der Waals surface area contributed by atoms with E-state index in [9.17, 15) is 10.1 Å². The first-order chi connectivity index (χ1) is 9.65. The standard InChI is InChI=1S/C12H17ClN4O3/c13-11-8-10(17(18)19)9-12(15-11)14-2-1-3-16-4-6-20-7-5-16/h8-9H,1-7H2,(H,14,15). The lowest BCUT2D eigenvalue weighted by molar-refractivity contribution is -0.384. The Hall–Kier alpha value is -1.44. The number of aromatic nitrogens is 1. The number of ether oxygens (including phenoxy) is 1. The van der Waals surface area contributed by atoms with Gasteiger partial charge >= 0.3 is 0 Å². The van der Waals surface area contributed by atoms with Gasteiger partial charge in [-0.3, -0.25) is 15.0 Å². The zero-order chi connectivity index (χ0) is 14.4. The quantitative estimate of drug-likeness (QED) is 0.373. The maximum atomic E-state index is 10.7. The van der Waals surface area contributed by atoms with Crippen LogP contribution in [0.4, 0.5) is 11.5 Å². The number of morpholine rings is 1. The predicted molar refractivity (Wildman–Crippen MR) is 76.3 cm³/mol. The van der Waals surface area contributed by atoms with Crippen LogP contribution in [0.15, 0.2) is 12.1 Å². The molecule has 1 N–H and O–H groups in total. The second-order valence-corrected chi connectivity index (χ2v) is 4.91. The van der Waals surface area contributed by atoms with Crippen molar-refractivity contribution in [3.63, 3.8) is 0 Å². The summed E-state index contributed by atoms with van der Waals surface area (Å²) in [4.78, 5) is 16.6. The van der Waals surface area contributed by atoms with E-state index in [-0.39, 0.29) is 10.8 Å². The molecule has 1 aliphatic heterocycles. The van der Waals surface area contributed by atoms with Crippen LogP contribution in [0.1, 0.15) is 6.42 Å². The lowest BCUT2D eigenvalue weighted by Gasteiger charge is -2.26. The van der Waals surface area contributed by atoms with Crippen LogP contribution >= 0.6 is 11.6 Å². The second kappa shape index (κ2) is 7.37. The number of pyridine rings is 1. The molecule has 7 nitrogen and oxygen atoms in total. The maximum Gasteiger partial charge on any atom is 0.276 e. The molecule has 0 atom stereocenters. The van der Waals surface area contributed by atoms with Crippen LogP contribution in [0.3, 0.4) is 0 Å². The Morgan fingerprint density at radius 1 is 1.45 bits per heavy atom. The average Bonchev–Trinajstić information content (AvgIpc) is 2.44. The van der Waals surface area contributed by atoms with E-state index in [0.717, 1.165) is 39.3 Å². The van der Waals surface area contributed by atoms with Crippen molar-refractivity contribution in [1.29, 1.82) is 0 Å². The van der Waals surface area contributed by atoms with Gasteiger partial charge < -0.3 is 10.1 Å². The molecule has 0 amide bonds. The number of rotatable bonds is 6. The van der Waals surface area contributed by atoms with Crippen molar-refractivity contribution in [2.45, 2.75) is 6.42 Å². The van der Waals surface area contributed by atoms with Crippen LogP contribution in [0, 0.1) is 10.1 Å². The van der Waals surface area contributed by atoms with Gasteiger partial charge in [-0.1, -0.05) is 11.6 Å². The number of nitro groups is 1. The third-order valence-electron chi connectivity index (χ3n) is 3.05. The number of nitrogens with zero attached hydrogens (tertiary/aromatic N) is 3. The largest absolute Gasteiger partial charge is 0.379 e. The number of hydrogen-bond donors (Lipinski definition) is 1. The molecule has 0 aromatic carbocycles. The molecule has 0 saturated carbocycles. The number of anilines is 1. The zero-order valence-electron chi connectivity index (χ0n) is 11.0. The molecule has 1 fully saturated rings. The molecule has 8 heteroatoms. The SMILES string of the molecule is O=[N+]([O-])c1cc(Cl)nc(NCCCN2CCOCC2)c1. The summed E-state index contributed by atoms with van der Waals surface area (Å²) in [7, 11) is 0. The van der Waals surface area contributed by atoms with Gasteiger partial charge in [0.1, 0.15) is 11.0 Å². The summed E-state index contributed by atoms with van der Waals surface area (Å²) in [5.41, 5.74) is -0.0549. The molecule has 1 aromatic heterocycles. The number of hydrogen-bond acceptors (Lipinski definition) is 6. The predicted octanol–water partition coefficient (Wildman–Crippen LogP) is 1.78. The van der Waals surface area contributed by atoms with Gasteiger partial charge in [0.2, 0.25) is 0 Å². The minimum atomic E-state index is -0.480. The monoisotopic (exact) mass is 300 g/mol. The van der Waals surface area contributed by atoms with Crippen LogP contribution < -0.4 is 5.32 Å². The van der Waals surface area contributed by atoms with E-state index in [4.69, 9.17) is 16.3 Å². The van der Waals surface area contributed by atoms with Gasteiger partial charge in [-0.25, -0.2) is 4.98 Å². The molecule has 2 rings (SSSR count). The minimum Gasteiger partial charge on any atom is -0.379 e. The zero-order valence-corrected chi connectivity index (χ0v) is 11.8. The molecule has 0 unspecified atom stereocenters. The highest BCUT2D eigenvalue weighted by molar-refractivity contribution is 6.29.